The van der Waals surface area contributed by atoms with Crippen LogP contribution in [0.1, 0.15) is 22.3 Å². The van der Waals surface area contributed by atoms with E-state index in [0.29, 0.717) is 0 Å². The van der Waals surface area contributed by atoms with E-state index in [1.165, 1.54) is 22.3 Å². The molecule has 0 atom stereocenters. The maximum Gasteiger partial charge on any atom is 0.123 e. The van der Waals surface area contributed by atoms with E-state index < -0.39 is 0 Å². The third-order valence-corrected chi connectivity index (χ3v) is 3.03. The third kappa shape index (κ3) is 1.40. The minimum absolute atomic E-state index is 0.724. The summed E-state index contributed by atoms with van der Waals surface area (Å²) in [4.78, 5) is 0. The molecule has 1 aliphatic rings. The van der Waals surface area contributed by atoms with Gasteiger partial charge in [-0.15, -0.1) is 0 Å². The predicted molar refractivity (Wildman–Crippen MR) is 57.9 cm³/mol. The average Bonchev–Trinajstić information content (AvgIpc) is 2.60. The van der Waals surface area contributed by atoms with Gasteiger partial charge in [0, 0.05) is 12.0 Å². The molecule has 2 heteroatoms. The molecule has 0 radical (unpaired) electrons. The van der Waals surface area contributed by atoms with Crippen molar-refractivity contribution in [1.82, 2.24) is 0 Å². The monoisotopic (exact) mass is 191 g/mol. The summed E-state index contributed by atoms with van der Waals surface area (Å²) in [7, 11) is 0. The highest BCUT2D eigenvalue weighted by molar-refractivity contribution is 5.50. The molecule has 0 saturated carbocycles. The Morgan fingerprint density at radius 3 is 2.93 bits per heavy atom. The van der Waals surface area contributed by atoms with E-state index in [9.17, 15) is 0 Å². The van der Waals surface area contributed by atoms with Gasteiger partial charge in [0.05, 0.1) is 6.61 Å². The molecule has 76 valence electrons. The molecule has 2 nitrogen and oxygen atoms in total. The first-order valence-corrected chi connectivity index (χ1v) is 5.19. The van der Waals surface area contributed by atoms with Crippen molar-refractivity contribution in [2.24, 2.45) is 5.73 Å². The Labute approximate surface area is 85.1 Å². The van der Waals surface area contributed by atoms with Crippen LogP contribution in [0.4, 0.5) is 0 Å². The average molecular weight is 191 g/mol. The molecular formula is C12H17NO. The number of hydrogen-bond acceptors (Lipinski definition) is 2. The van der Waals surface area contributed by atoms with Gasteiger partial charge < -0.3 is 10.5 Å². The van der Waals surface area contributed by atoms with Gasteiger partial charge in [-0.05, 0) is 49.6 Å². The fourth-order valence-corrected chi connectivity index (χ4v) is 2.27. The van der Waals surface area contributed by atoms with Crippen molar-refractivity contribution in [3.63, 3.8) is 0 Å². The first-order chi connectivity index (χ1) is 6.74. The topological polar surface area (TPSA) is 35.2 Å². The van der Waals surface area contributed by atoms with Crippen molar-refractivity contribution in [3.8, 4) is 5.75 Å². The van der Waals surface area contributed by atoms with Crippen molar-refractivity contribution in [2.45, 2.75) is 26.7 Å². The van der Waals surface area contributed by atoms with Gasteiger partial charge in [0.25, 0.3) is 0 Å². The first kappa shape index (κ1) is 9.53. The quantitative estimate of drug-likeness (QED) is 0.772. The molecule has 1 heterocycles. The highest BCUT2D eigenvalue weighted by Gasteiger charge is 2.17. The molecule has 0 unspecified atom stereocenters. The zero-order valence-electron chi connectivity index (χ0n) is 8.89. The largest absolute Gasteiger partial charge is 0.493 e. The number of aryl methyl sites for hydroxylation is 1. The van der Waals surface area contributed by atoms with Crippen LogP contribution in [-0.4, -0.2) is 13.2 Å². The SMILES string of the molecule is Cc1cc2c(c(C)c1CCN)CCO2. The Balaban J connectivity index is 2.51. The van der Waals surface area contributed by atoms with Gasteiger partial charge in [-0.25, -0.2) is 0 Å². The Bertz CT molecular complexity index is 358. The first-order valence-electron chi connectivity index (χ1n) is 5.19. The van der Waals surface area contributed by atoms with E-state index in [2.05, 4.69) is 19.9 Å². The number of benzene rings is 1. The Hall–Kier alpha value is -1.02. The molecule has 0 fully saturated rings. The molecule has 0 aliphatic carbocycles. The summed E-state index contributed by atoms with van der Waals surface area (Å²) in [5, 5.41) is 0. The van der Waals surface area contributed by atoms with Crippen molar-refractivity contribution in [1.29, 1.82) is 0 Å². The van der Waals surface area contributed by atoms with Gasteiger partial charge in [0.2, 0.25) is 0 Å². The molecule has 2 rings (SSSR count). The van der Waals surface area contributed by atoms with Crippen LogP contribution in [-0.2, 0) is 12.8 Å². The van der Waals surface area contributed by atoms with Gasteiger partial charge in [-0.2, -0.15) is 0 Å². The third-order valence-electron chi connectivity index (χ3n) is 3.03. The summed E-state index contributed by atoms with van der Waals surface area (Å²) < 4.78 is 5.56. The summed E-state index contributed by atoms with van der Waals surface area (Å²) in [5.41, 5.74) is 11.1. The van der Waals surface area contributed by atoms with Gasteiger partial charge in [0.15, 0.2) is 0 Å². The van der Waals surface area contributed by atoms with E-state index in [1.54, 1.807) is 0 Å². The molecule has 1 aliphatic heterocycles. The fraction of sp³-hybridized carbons (Fsp3) is 0.500. The minimum Gasteiger partial charge on any atom is -0.493 e. The van der Waals surface area contributed by atoms with Crippen LogP contribution in [0.2, 0.25) is 0 Å². The van der Waals surface area contributed by atoms with Crippen molar-refractivity contribution in [3.05, 3.63) is 28.3 Å². The zero-order valence-corrected chi connectivity index (χ0v) is 8.89. The molecule has 0 bridgehead atoms. The van der Waals surface area contributed by atoms with Crippen LogP contribution in [0.3, 0.4) is 0 Å². The molecular weight excluding hydrogens is 174 g/mol. The van der Waals surface area contributed by atoms with Crippen LogP contribution in [0.5, 0.6) is 5.75 Å². The normalized spacial score (nSPS) is 13.9. The molecule has 1 aromatic rings. The maximum atomic E-state index is 5.61. The molecule has 1 aromatic carbocycles. The highest BCUT2D eigenvalue weighted by atomic mass is 16.5. The molecule has 0 aromatic heterocycles. The zero-order chi connectivity index (χ0) is 10.1. The standard InChI is InChI=1S/C12H17NO/c1-8-7-12-11(4-6-14-12)9(2)10(8)3-5-13/h7H,3-6,13H2,1-2H3. The lowest BCUT2D eigenvalue weighted by atomic mass is 9.94. The summed E-state index contributed by atoms with van der Waals surface area (Å²) >= 11 is 0. The predicted octanol–water partition coefficient (Wildman–Crippen LogP) is 1.74. The lowest BCUT2D eigenvalue weighted by Crippen LogP contribution is -2.07. The van der Waals surface area contributed by atoms with E-state index >= 15 is 0 Å². The molecule has 0 saturated heterocycles. The van der Waals surface area contributed by atoms with Gasteiger partial charge >= 0.3 is 0 Å². The summed E-state index contributed by atoms with van der Waals surface area (Å²) in [5.74, 6) is 1.08. The van der Waals surface area contributed by atoms with E-state index in [4.69, 9.17) is 10.5 Å². The molecule has 2 N–H and O–H groups in total. The second kappa shape index (κ2) is 3.62. The van der Waals surface area contributed by atoms with Gasteiger partial charge in [-0.1, -0.05) is 0 Å². The Morgan fingerprint density at radius 2 is 2.21 bits per heavy atom. The number of nitrogens with two attached hydrogens (primary N) is 1. The second-order valence-corrected chi connectivity index (χ2v) is 3.91. The van der Waals surface area contributed by atoms with E-state index in [-0.39, 0.29) is 0 Å². The van der Waals surface area contributed by atoms with Crippen LogP contribution in [0, 0.1) is 13.8 Å². The summed E-state index contributed by atoms with van der Waals surface area (Å²) in [6, 6.07) is 2.15. The Kier molecular flexibility index (Phi) is 2.46. The summed E-state index contributed by atoms with van der Waals surface area (Å²) in [6.07, 6.45) is 2.03. The summed E-state index contributed by atoms with van der Waals surface area (Å²) in [6.45, 7) is 5.88. The lowest BCUT2D eigenvalue weighted by molar-refractivity contribution is 0.356. The fourth-order valence-electron chi connectivity index (χ4n) is 2.27. The maximum absolute atomic E-state index is 5.61. The minimum atomic E-state index is 0.724. The Morgan fingerprint density at radius 1 is 1.43 bits per heavy atom. The van der Waals surface area contributed by atoms with Crippen LogP contribution < -0.4 is 10.5 Å². The second-order valence-electron chi connectivity index (χ2n) is 3.91. The molecule has 0 amide bonds. The van der Waals surface area contributed by atoms with Crippen molar-refractivity contribution < 1.29 is 4.74 Å². The molecule has 0 spiro atoms. The highest BCUT2D eigenvalue weighted by Crippen LogP contribution is 2.32. The number of rotatable bonds is 2. The number of fused-ring (bicyclic) bond motifs is 1. The van der Waals surface area contributed by atoms with Gasteiger partial charge in [0.1, 0.15) is 5.75 Å². The van der Waals surface area contributed by atoms with E-state index in [0.717, 1.165) is 31.7 Å². The number of hydrogen-bond donors (Lipinski definition) is 1. The lowest BCUT2D eigenvalue weighted by Gasteiger charge is -2.12. The smallest absolute Gasteiger partial charge is 0.123 e. The van der Waals surface area contributed by atoms with Gasteiger partial charge in [-0.3, -0.25) is 0 Å². The van der Waals surface area contributed by atoms with Crippen LogP contribution >= 0.6 is 0 Å². The van der Waals surface area contributed by atoms with Crippen LogP contribution in [0.25, 0.3) is 0 Å². The van der Waals surface area contributed by atoms with Crippen molar-refractivity contribution in [2.75, 3.05) is 13.2 Å². The van der Waals surface area contributed by atoms with Crippen LogP contribution in [0.15, 0.2) is 6.07 Å². The number of ether oxygens (including phenoxy) is 1. The van der Waals surface area contributed by atoms with E-state index in [1.807, 2.05) is 0 Å². The molecule has 14 heavy (non-hydrogen) atoms. The van der Waals surface area contributed by atoms with Crippen molar-refractivity contribution >= 4 is 0 Å².